The second kappa shape index (κ2) is 6.81. The van der Waals surface area contributed by atoms with Gasteiger partial charge in [0.1, 0.15) is 22.9 Å². The van der Waals surface area contributed by atoms with Crippen molar-refractivity contribution in [2.75, 3.05) is 19.7 Å². The zero-order chi connectivity index (χ0) is 20.0. The molecule has 2 N–H and O–H groups in total. The number of amides is 1. The summed E-state index contributed by atoms with van der Waals surface area (Å²) in [4.78, 5) is 22.6. The van der Waals surface area contributed by atoms with Crippen molar-refractivity contribution in [2.45, 2.75) is 31.8 Å². The molecule has 3 aromatic rings. The van der Waals surface area contributed by atoms with Crippen LogP contribution < -0.4 is 0 Å². The Balaban J connectivity index is 1.34. The number of likely N-dealkylation sites (tertiary alicyclic amines) is 1. The third-order valence-electron chi connectivity index (χ3n) is 5.99. The highest BCUT2D eigenvalue weighted by molar-refractivity contribution is 5.94. The Labute approximate surface area is 167 Å². The van der Waals surface area contributed by atoms with E-state index in [0.717, 1.165) is 30.5 Å². The average molecular weight is 395 g/mol. The number of ether oxygens (including phenoxy) is 1. The smallest absolute Gasteiger partial charge is 0.274 e. The Morgan fingerprint density at radius 1 is 1.24 bits per heavy atom. The standard InChI is InChI=1S/C21H22FN5O2/c1-13-17(25-19(24-13)14-2-4-16(22)5-3-14)20(28)27-9-7-21(8-10-27)18-15(6-11-29-21)12-23-26-18/h2-5,12H,6-11H2,1H3,(H,23,26)(H,24,25). The molecular formula is C21H22FN5O2. The number of carbonyl (C=O) groups is 1. The molecule has 2 aromatic heterocycles. The number of hydrogen-bond acceptors (Lipinski definition) is 4. The van der Waals surface area contributed by atoms with E-state index in [4.69, 9.17) is 4.74 Å². The number of rotatable bonds is 2. The lowest BCUT2D eigenvalue weighted by atomic mass is 9.83. The Hall–Kier alpha value is -3.00. The zero-order valence-corrected chi connectivity index (χ0v) is 16.2. The first-order valence-electron chi connectivity index (χ1n) is 9.84. The van der Waals surface area contributed by atoms with Crippen LogP contribution in [0, 0.1) is 12.7 Å². The van der Waals surface area contributed by atoms with E-state index in [1.165, 1.54) is 17.7 Å². The van der Waals surface area contributed by atoms with Crippen molar-refractivity contribution in [3.63, 3.8) is 0 Å². The largest absolute Gasteiger partial charge is 0.368 e. The maximum absolute atomic E-state index is 13.2. The van der Waals surface area contributed by atoms with Gasteiger partial charge in [-0.05, 0) is 56.0 Å². The number of hydrogen-bond donors (Lipinski definition) is 2. The van der Waals surface area contributed by atoms with Gasteiger partial charge < -0.3 is 14.6 Å². The topological polar surface area (TPSA) is 86.9 Å². The molecule has 1 saturated heterocycles. The van der Waals surface area contributed by atoms with Crippen LogP contribution in [0.3, 0.4) is 0 Å². The SMILES string of the molecule is Cc1[nH]c(-c2ccc(F)cc2)nc1C(=O)N1CCC2(CC1)OCCc1cn[nH]c12. The Morgan fingerprint density at radius 3 is 2.76 bits per heavy atom. The summed E-state index contributed by atoms with van der Waals surface area (Å²) in [6.45, 7) is 3.70. The lowest BCUT2D eigenvalue weighted by molar-refractivity contribution is -0.0962. The molecule has 0 radical (unpaired) electrons. The molecule has 1 fully saturated rings. The van der Waals surface area contributed by atoms with Gasteiger partial charge in [0.2, 0.25) is 0 Å². The number of aromatic nitrogens is 4. The molecule has 0 atom stereocenters. The van der Waals surface area contributed by atoms with Crippen LogP contribution in [-0.2, 0) is 16.8 Å². The van der Waals surface area contributed by atoms with Crippen molar-refractivity contribution in [1.29, 1.82) is 0 Å². The number of aryl methyl sites for hydroxylation is 1. The number of H-pyrrole nitrogens is 2. The fourth-order valence-electron chi connectivity index (χ4n) is 4.35. The molecule has 5 rings (SSSR count). The summed E-state index contributed by atoms with van der Waals surface area (Å²) in [6.07, 6.45) is 4.19. The highest BCUT2D eigenvalue weighted by Gasteiger charge is 2.43. The van der Waals surface area contributed by atoms with E-state index in [1.807, 2.05) is 18.0 Å². The van der Waals surface area contributed by atoms with Gasteiger partial charge in [-0.15, -0.1) is 0 Å². The van der Waals surface area contributed by atoms with Gasteiger partial charge in [0.25, 0.3) is 5.91 Å². The van der Waals surface area contributed by atoms with Crippen LogP contribution >= 0.6 is 0 Å². The van der Waals surface area contributed by atoms with Crippen LogP contribution in [0.2, 0.25) is 0 Å². The van der Waals surface area contributed by atoms with Gasteiger partial charge in [0, 0.05) is 24.3 Å². The molecule has 8 heteroatoms. The molecular weight excluding hydrogens is 373 g/mol. The Bertz CT molecular complexity index is 1050. The first-order chi connectivity index (χ1) is 14.1. The van der Waals surface area contributed by atoms with Crippen LogP contribution in [-0.4, -0.2) is 50.7 Å². The number of benzene rings is 1. The molecule has 150 valence electrons. The maximum Gasteiger partial charge on any atom is 0.274 e. The third-order valence-corrected chi connectivity index (χ3v) is 5.99. The molecule has 2 aliphatic rings. The summed E-state index contributed by atoms with van der Waals surface area (Å²) in [5.41, 5.74) is 3.76. The average Bonchev–Trinajstić information content (AvgIpc) is 3.36. The van der Waals surface area contributed by atoms with Gasteiger partial charge in [-0.2, -0.15) is 5.10 Å². The monoisotopic (exact) mass is 395 g/mol. The molecule has 0 unspecified atom stereocenters. The van der Waals surface area contributed by atoms with E-state index in [0.29, 0.717) is 36.9 Å². The summed E-state index contributed by atoms with van der Waals surface area (Å²) in [6, 6.07) is 6.06. The number of fused-ring (bicyclic) bond motifs is 2. The number of imidazole rings is 1. The van der Waals surface area contributed by atoms with Crippen LogP contribution in [0.15, 0.2) is 30.5 Å². The first kappa shape index (κ1) is 18.1. The van der Waals surface area contributed by atoms with E-state index >= 15 is 0 Å². The van der Waals surface area contributed by atoms with E-state index in [-0.39, 0.29) is 17.3 Å². The Morgan fingerprint density at radius 2 is 2.00 bits per heavy atom. The zero-order valence-electron chi connectivity index (χ0n) is 16.2. The highest BCUT2D eigenvalue weighted by Crippen LogP contribution is 2.40. The number of halogens is 1. The summed E-state index contributed by atoms with van der Waals surface area (Å²) < 4.78 is 19.3. The van der Waals surface area contributed by atoms with Crippen LogP contribution in [0.1, 0.15) is 40.3 Å². The predicted molar refractivity (Wildman–Crippen MR) is 104 cm³/mol. The fraction of sp³-hybridized carbons (Fsp3) is 0.381. The number of carbonyl (C=O) groups excluding carboxylic acids is 1. The van der Waals surface area contributed by atoms with Crippen LogP contribution in [0.4, 0.5) is 4.39 Å². The van der Waals surface area contributed by atoms with Crippen molar-refractivity contribution >= 4 is 5.91 Å². The number of aromatic amines is 2. The second-order valence-corrected chi connectivity index (χ2v) is 7.72. The second-order valence-electron chi connectivity index (χ2n) is 7.72. The van der Waals surface area contributed by atoms with Gasteiger partial charge in [-0.1, -0.05) is 0 Å². The molecule has 1 aromatic carbocycles. The van der Waals surface area contributed by atoms with Crippen molar-refractivity contribution in [1.82, 2.24) is 25.1 Å². The minimum atomic E-state index is -0.374. The summed E-state index contributed by atoms with van der Waals surface area (Å²) in [5, 5.41) is 7.29. The summed E-state index contributed by atoms with van der Waals surface area (Å²) in [5.74, 6) is 0.167. The molecule has 0 saturated carbocycles. The van der Waals surface area contributed by atoms with Gasteiger partial charge >= 0.3 is 0 Å². The lowest BCUT2D eigenvalue weighted by Gasteiger charge is -2.43. The summed E-state index contributed by atoms with van der Waals surface area (Å²) >= 11 is 0. The first-order valence-corrected chi connectivity index (χ1v) is 9.84. The third kappa shape index (κ3) is 3.04. The molecule has 29 heavy (non-hydrogen) atoms. The van der Waals surface area contributed by atoms with Crippen LogP contribution in [0.25, 0.3) is 11.4 Å². The quantitative estimate of drug-likeness (QED) is 0.698. The molecule has 1 spiro atoms. The normalized spacial score (nSPS) is 18.1. The number of nitrogens with one attached hydrogen (secondary N) is 2. The minimum absolute atomic E-state index is 0.0948. The predicted octanol–water partition coefficient (Wildman–Crippen LogP) is 2.95. The summed E-state index contributed by atoms with van der Waals surface area (Å²) in [7, 11) is 0. The van der Waals surface area contributed by atoms with Crippen LogP contribution in [0.5, 0.6) is 0 Å². The number of piperidine rings is 1. The molecule has 4 heterocycles. The van der Waals surface area contributed by atoms with Crippen molar-refractivity contribution < 1.29 is 13.9 Å². The van der Waals surface area contributed by atoms with Gasteiger partial charge in [-0.3, -0.25) is 9.89 Å². The van der Waals surface area contributed by atoms with E-state index in [9.17, 15) is 9.18 Å². The van der Waals surface area contributed by atoms with Crippen molar-refractivity contribution in [3.05, 3.63) is 58.9 Å². The Kier molecular flexibility index (Phi) is 4.24. The van der Waals surface area contributed by atoms with Crippen molar-refractivity contribution in [3.8, 4) is 11.4 Å². The fourth-order valence-corrected chi connectivity index (χ4v) is 4.35. The van der Waals surface area contributed by atoms with Gasteiger partial charge in [0.15, 0.2) is 0 Å². The van der Waals surface area contributed by atoms with Gasteiger partial charge in [-0.25, -0.2) is 9.37 Å². The number of nitrogens with zero attached hydrogens (tertiary/aromatic N) is 3. The maximum atomic E-state index is 13.2. The minimum Gasteiger partial charge on any atom is -0.368 e. The van der Waals surface area contributed by atoms with Gasteiger partial charge in [0.05, 0.1) is 18.5 Å². The lowest BCUT2D eigenvalue weighted by Crippen LogP contribution is -2.48. The molecule has 7 nitrogen and oxygen atoms in total. The van der Waals surface area contributed by atoms with Crippen molar-refractivity contribution in [2.24, 2.45) is 0 Å². The molecule has 1 amide bonds. The molecule has 0 aliphatic carbocycles. The molecule has 2 aliphatic heterocycles. The van der Waals surface area contributed by atoms with E-state index in [2.05, 4.69) is 20.2 Å². The van der Waals surface area contributed by atoms with E-state index in [1.54, 1.807) is 12.1 Å². The highest BCUT2D eigenvalue weighted by atomic mass is 19.1. The molecule has 0 bridgehead atoms. The van der Waals surface area contributed by atoms with E-state index < -0.39 is 0 Å².